The standard InChI is InChI=1S/C15H18N2/c1-11-10-13-4-2-3-5-14(13)17-15(11)16-9-8-12-6-7-12/h2-5,10,12H,6-9H2,1H3,(H,16,17). The van der Waals surface area contributed by atoms with Crippen molar-refractivity contribution < 1.29 is 0 Å². The molecule has 1 fully saturated rings. The second kappa shape index (κ2) is 4.36. The van der Waals surface area contributed by atoms with Crippen molar-refractivity contribution in [2.45, 2.75) is 26.2 Å². The molecule has 1 aliphatic rings. The van der Waals surface area contributed by atoms with Gasteiger partial charge in [-0.05, 0) is 37.0 Å². The van der Waals surface area contributed by atoms with Crippen LogP contribution < -0.4 is 5.32 Å². The zero-order valence-electron chi connectivity index (χ0n) is 10.2. The van der Waals surface area contributed by atoms with Gasteiger partial charge in [0.05, 0.1) is 5.52 Å². The minimum Gasteiger partial charge on any atom is -0.370 e. The Kier molecular flexibility index (Phi) is 2.71. The normalized spacial score (nSPS) is 15.1. The first-order valence-corrected chi connectivity index (χ1v) is 6.43. The van der Waals surface area contributed by atoms with Crippen molar-refractivity contribution >= 4 is 16.7 Å². The van der Waals surface area contributed by atoms with Gasteiger partial charge in [0.1, 0.15) is 5.82 Å². The molecule has 0 atom stereocenters. The van der Waals surface area contributed by atoms with E-state index in [0.717, 1.165) is 23.8 Å². The molecule has 0 radical (unpaired) electrons. The van der Waals surface area contributed by atoms with Crippen molar-refractivity contribution in [1.29, 1.82) is 0 Å². The lowest BCUT2D eigenvalue weighted by Gasteiger charge is -2.09. The first-order valence-electron chi connectivity index (χ1n) is 6.43. The van der Waals surface area contributed by atoms with Crippen LogP contribution in [0.25, 0.3) is 10.9 Å². The number of benzene rings is 1. The molecule has 1 aliphatic carbocycles. The van der Waals surface area contributed by atoms with Crippen LogP contribution in [0.15, 0.2) is 30.3 Å². The van der Waals surface area contributed by atoms with E-state index in [1.54, 1.807) is 0 Å². The van der Waals surface area contributed by atoms with E-state index in [4.69, 9.17) is 0 Å². The highest BCUT2D eigenvalue weighted by atomic mass is 15.0. The lowest BCUT2D eigenvalue weighted by atomic mass is 10.1. The van der Waals surface area contributed by atoms with Gasteiger partial charge < -0.3 is 5.32 Å². The van der Waals surface area contributed by atoms with Crippen molar-refractivity contribution in [1.82, 2.24) is 4.98 Å². The zero-order valence-corrected chi connectivity index (χ0v) is 10.2. The molecular weight excluding hydrogens is 208 g/mol. The fourth-order valence-electron chi connectivity index (χ4n) is 2.20. The van der Waals surface area contributed by atoms with E-state index in [9.17, 15) is 0 Å². The van der Waals surface area contributed by atoms with Crippen LogP contribution in [0.2, 0.25) is 0 Å². The van der Waals surface area contributed by atoms with Crippen LogP contribution in [0.1, 0.15) is 24.8 Å². The van der Waals surface area contributed by atoms with E-state index >= 15 is 0 Å². The maximum Gasteiger partial charge on any atom is 0.129 e. The van der Waals surface area contributed by atoms with Crippen LogP contribution in [0, 0.1) is 12.8 Å². The molecule has 0 amide bonds. The van der Waals surface area contributed by atoms with Crippen LogP contribution in [0.3, 0.4) is 0 Å². The number of nitrogens with zero attached hydrogens (tertiary/aromatic N) is 1. The Morgan fingerprint density at radius 3 is 2.94 bits per heavy atom. The van der Waals surface area contributed by atoms with Crippen LogP contribution in [0.4, 0.5) is 5.82 Å². The second-order valence-corrected chi connectivity index (χ2v) is 5.01. The van der Waals surface area contributed by atoms with Crippen molar-refractivity contribution in [2.75, 3.05) is 11.9 Å². The molecule has 0 spiro atoms. The predicted molar refractivity (Wildman–Crippen MR) is 72.3 cm³/mol. The summed E-state index contributed by atoms with van der Waals surface area (Å²) in [7, 11) is 0. The average Bonchev–Trinajstić information content (AvgIpc) is 3.14. The van der Waals surface area contributed by atoms with E-state index in [1.807, 2.05) is 6.07 Å². The summed E-state index contributed by atoms with van der Waals surface area (Å²) in [6.45, 7) is 3.18. The number of para-hydroxylation sites is 1. The van der Waals surface area contributed by atoms with Crippen molar-refractivity contribution in [3.63, 3.8) is 0 Å². The van der Waals surface area contributed by atoms with Crippen LogP contribution >= 0.6 is 0 Å². The van der Waals surface area contributed by atoms with Gasteiger partial charge >= 0.3 is 0 Å². The van der Waals surface area contributed by atoms with Gasteiger partial charge in [-0.1, -0.05) is 31.0 Å². The lowest BCUT2D eigenvalue weighted by Crippen LogP contribution is -2.05. The van der Waals surface area contributed by atoms with Crippen molar-refractivity contribution in [3.05, 3.63) is 35.9 Å². The van der Waals surface area contributed by atoms with E-state index < -0.39 is 0 Å². The zero-order chi connectivity index (χ0) is 11.7. The third-order valence-corrected chi connectivity index (χ3v) is 3.46. The number of aryl methyl sites for hydroxylation is 1. The molecule has 88 valence electrons. The monoisotopic (exact) mass is 226 g/mol. The number of anilines is 1. The molecular formula is C15H18N2. The molecule has 2 nitrogen and oxygen atoms in total. The Morgan fingerprint density at radius 1 is 1.29 bits per heavy atom. The summed E-state index contributed by atoms with van der Waals surface area (Å²) in [4.78, 5) is 4.68. The fourth-order valence-corrected chi connectivity index (χ4v) is 2.20. The molecule has 2 aromatic rings. The van der Waals surface area contributed by atoms with Crippen LogP contribution in [-0.4, -0.2) is 11.5 Å². The molecule has 0 aliphatic heterocycles. The average molecular weight is 226 g/mol. The second-order valence-electron chi connectivity index (χ2n) is 5.01. The first kappa shape index (κ1) is 10.6. The van der Waals surface area contributed by atoms with Gasteiger partial charge in [0.2, 0.25) is 0 Å². The first-order chi connectivity index (χ1) is 8.33. The molecule has 1 heterocycles. The summed E-state index contributed by atoms with van der Waals surface area (Å²) in [6.07, 6.45) is 4.13. The summed E-state index contributed by atoms with van der Waals surface area (Å²) in [5.41, 5.74) is 2.31. The smallest absolute Gasteiger partial charge is 0.129 e. The molecule has 1 saturated carbocycles. The van der Waals surface area contributed by atoms with Gasteiger partial charge in [-0.3, -0.25) is 0 Å². The highest BCUT2D eigenvalue weighted by molar-refractivity contribution is 5.81. The maximum absolute atomic E-state index is 4.68. The van der Waals surface area contributed by atoms with Gasteiger partial charge in [0.25, 0.3) is 0 Å². The lowest BCUT2D eigenvalue weighted by molar-refractivity contribution is 0.758. The largest absolute Gasteiger partial charge is 0.370 e. The molecule has 0 bridgehead atoms. The Labute approximate surface area is 102 Å². The SMILES string of the molecule is Cc1cc2ccccc2nc1NCCC1CC1. The van der Waals surface area contributed by atoms with E-state index in [2.05, 4.69) is 41.5 Å². The quantitative estimate of drug-likeness (QED) is 0.858. The number of hydrogen-bond donors (Lipinski definition) is 1. The summed E-state index contributed by atoms with van der Waals surface area (Å²) in [5.74, 6) is 2.02. The van der Waals surface area contributed by atoms with Crippen molar-refractivity contribution in [2.24, 2.45) is 5.92 Å². The van der Waals surface area contributed by atoms with Crippen LogP contribution in [-0.2, 0) is 0 Å². The van der Waals surface area contributed by atoms with Gasteiger partial charge in [0.15, 0.2) is 0 Å². The number of pyridine rings is 1. The highest BCUT2D eigenvalue weighted by Gasteiger charge is 2.20. The summed E-state index contributed by atoms with van der Waals surface area (Å²) in [5, 5.41) is 4.69. The minimum atomic E-state index is 0.975. The van der Waals surface area contributed by atoms with Gasteiger partial charge in [0, 0.05) is 11.9 Å². The molecule has 0 unspecified atom stereocenters. The molecule has 1 aromatic heterocycles. The van der Waals surface area contributed by atoms with Gasteiger partial charge in [-0.2, -0.15) is 0 Å². The summed E-state index contributed by atoms with van der Waals surface area (Å²) >= 11 is 0. The maximum atomic E-state index is 4.68. The Morgan fingerprint density at radius 2 is 2.12 bits per heavy atom. The molecule has 1 N–H and O–H groups in total. The Balaban J connectivity index is 1.79. The molecule has 0 saturated heterocycles. The third-order valence-electron chi connectivity index (χ3n) is 3.46. The molecule has 17 heavy (non-hydrogen) atoms. The van der Waals surface area contributed by atoms with Crippen molar-refractivity contribution in [3.8, 4) is 0 Å². The Hall–Kier alpha value is -1.57. The van der Waals surface area contributed by atoms with Gasteiger partial charge in [-0.15, -0.1) is 0 Å². The highest BCUT2D eigenvalue weighted by Crippen LogP contribution is 2.32. The number of rotatable bonds is 4. The number of aromatic nitrogens is 1. The van der Waals surface area contributed by atoms with Crippen LogP contribution in [0.5, 0.6) is 0 Å². The number of nitrogens with one attached hydrogen (secondary N) is 1. The minimum absolute atomic E-state index is 0.975. The van der Waals surface area contributed by atoms with E-state index in [0.29, 0.717) is 0 Å². The molecule has 3 rings (SSSR count). The fraction of sp³-hybridized carbons (Fsp3) is 0.400. The van der Waals surface area contributed by atoms with Gasteiger partial charge in [-0.25, -0.2) is 4.98 Å². The predicted octanol–water partition coefficient (Wildman–Crippen LogP) is 3.76. The molecule has 2 heteroatoms. The number of fused-ring (bicyclic) bond motifs is 1. The molecule has 1 aromatic carbocycles. The number of hydrogen-bond acceptors (Lipinski definition) is 2. The van der Waals surface area contributed by atoms with E-state index in [1.165, 1.54) is 30.2 Å². The summed E-state index contributed by atoms with van der Waals surface area (Å²) in [6, 6.07) is 10.5. The topological polar surface area (TPSA) is 24.9 Å². The van der Waals surface area contributed by atoms with E-state index in [-0.39, 0.29) is 0 Å². The third kappa shape index (κ3) is 2.41. The Bertz CT molecular complexity index is 529. The summed E-state index contributed by atoms with van der Waals surface area (Å²) < 4.78 is 0.